The van der Waals surface area contributed by atoms with Gasteiger partial charge in [-0.15, -0.1) is 6.58 Å². The monoisotopic (exact) mass is 242 g/mol. The average molecular weight is 242 g/mol. The van der Waals surface area contributed by atoms with E-state index in [4.69, 9.17) is 0 Å². The predicted octanol–water partition coefficient (Wildman–Crippen LogP) is 3.65. The molecule has 0 fully saturated rings. The lowest BCUT2D eigenvalue weighted by Crippen LogP contribution is -2.02. The molecule has 2 aromatic carbocycles. The van der Waals surface area contributed by atoms with Crippen molar-refractivity contribution in [2.75, 3.05) is 11.9 Å². The normalized spacial score (nSPS) is 10.3. The van der Waals surface area contributed by atoms with E-state index >= 15 is 0 Å². The molecule has 4 nitrogen and oxygen atoms in total. The first-order valence-electron chi connectivity index (χ1n) is 5.66. The molecule has 1 N–H and O–H groups in total. The van der Waals surface area contributed by atoms with Crippen LogP contribution in [-0.2, 0) is 0 Å². The average Bonchev–Trinajstić information content (AvgIpc) is 2.36. The summed E-state index contributed by atoms with van der Waals surface area (Å²) < 4.78 is 0. The molecule has 2 rings (SSSR count). The maximum atomic E-state index is 11.1. The molecule has 2 aromatic rings. The lowest BCUT2D eigenvalue weighted by Gasteiger charge is -2.12. The Bertz CT molecular complexity index is 620. The van der Waals surface area contributed by atoms with Gasteiger partial charge in [-0.3, -0.25) is 10.1 Å². The number of nitro benzene ring substituents is 1. The van der Waals surface area contributed by atoms with Crippen LogP contribution in [0.1, 0.15) is 5.56 Å². The van der Waals surface area contributed by atoms with Crippen molar-refractivity contribution in [3.05, 3.63) is 58.7 Å². The van der Waals surface area contributed by atoms with E-state index in [2.05, 4.69) is 11.9 Å². The predicted molar refractivity (Wildman–Crippen MR) is 74.0 cm³/mol. The van der Waals surface area contributed by atoms with Crippen LogP contribution in [0.5, 0.6) is 0 Å². The number of benzene rings is 2. The van der Waals surface area contributed by atoms with Gasteiger partial charge in [-0.2, -0.15) is 0 Å². The minimum Gasteiger partial charge on any atom is -0.381 e. The van der Waals surface area contributed by atoms with E-state index in [1.165, 1.54) is 0 Å². The Kier molecular flexibility index (Phi) is 3.28. The van der Waals surface area contributed by atoms with Crippen LogP contribution in [0.15, 0.2) is 43.0 Å². The highest BCUT2D eigenvalue weighted by Crippen LogP contribution is 2.34. The molecule has 0 heterocycles. The van der Waals surface area contributed by atoms with Crippen molar-refractivity contribution in [2.45, 2.75) is 6.92 Å². The minimum atomic E-state index is -0.341. The van der Waals surface area contributed by atoms with E-state index in [1.807, 2.05) is 25.1 Å². The molecule has 0 atom stereocenters. The lowest BCUT2D eigenvalue weighted by atomic mass is 10.0. The van der Waals surface area contributed by atoms with Gasteiger partial charge in [-0.05, 0) is 18.6 Å². The largest absolute Gasteiger partial charge is 0.381 e. The molecule has 92 valence electrons. The number of non-ortho nitro benzene ring substituents is 1. The number of aryl methyl sites for hydroxylation is 1. The third-order valence-electron chi connectivity index (χ3n) is 2.84. The molecule has 0 saturated carbocycles. The van der Waals surface area contributed by atoms with Crippen LogP contribution in [0.4, 0.5) is 11.4 Å². The molecular formula is C14H14N2O2. The zero-order chi connectivity index (χ0) is 13.1. The molecule has 0 amide bonds. The summed E-state index contributed by atoms with van der Waals surface area (Å²) >= 11 is 0. The van der Waals surface area contributed by atoms with Crippen LogP contribution in [0, 0.1) is 17.0 Å². The van der Waals surface area contributed by atoms with Crippen molar-refractivity contribution < 1.29 is 4.92 Å². The Morgan fingerprint density at radius 1 is 1.39 bits per heavy atom. The number of anilines is 1. The number of fused-ring (bicyclic) bond motifs is 1. The maximum absolute atomic E-state index is 11.1. The summed E-state index contributed by atoms with van der Waals surface area (Å²) in [5.74, 6) is 0. The first-order valence-corrected chi connectivity index (χ1v) is 5.66. The van der Waals surface area contributed by atoms with Crippen LogP contribution in [0.2, 0.25) is 0 Å². The van der Waals surface area contributed by atoms with Gasteiger partial charge in [0, 0.05) is 23.7 Å². The Balaban J connectivity index is 2.72. The smallest absolute Gasteiger partial charge is 0.277 e. The SMILES string of the molecule is C=CCNc1c(C)cc([N+](=O)[O-])c2ccccc12. The minimum absolute atomic E-state index is 0.146. The molecule has 0 saturated heterocycles. The van der Waals surface area contributed by atoms with Gasteiger partial charge in [-0.25, -0.2) is 0 Å². The highest BCUT2D eigenvalue weighted by molar-refractivity contribution is 6.01. The van der Waals surface area contributed by atoms with Crippen molar-refractivity contribution >= 4 is 22.1 Å². The van der Waals surface area contributed by atoms with E-state index in [-0.39, 0.29) is 10.6 Å². The van der Waals surface area contributed by atoms with Crippen molar-refractivity contribution in [1.29, 1.82) is 0 Å². The van der Waals surface area contributed by atoms with Crippen molar-refractivity contribution in [3.8, 4) is 0 Å². The fourth-order valence-corrected chi connectivity index (χ4v) is 2.05. The molecule has 0 aromatic heterocycles. The van der Waals surface area contributed by atoms with Gasteiger partial charge in [0.2, 0.25) is 0 Å². The molecule has 0 bridgehead atoms. The van der Waals surface area contributed by atoms with Crippen LogP contribution >= 0.6 is 0 Å². The third kappa shape index (κ3) is 2.05. The van der Waals surface area contributed by atoms with E-state index < -0.39 is 0 Å². The Morgan fingerprint density at radius 2 is 2.06 bits per heavy atom. The second-order valence-corrected chi connectivity index (χ2v) is 4.06. The fourth-order valence-electron chi connectivity index (χ4n) is 2.05. The molecule has 18 heavy (non-hydrogen) atoms. The Morgan fingerprint density at radius 3 is 2.67 bits per heavy atom. The molecule has 0 unspecified atom stereocenters. The van der Waals surface area contributed by atoms with Crippen LogP contribution in [-0.4, -0.2) is 11.5 Å². The number of nitrogens with zero attached hydrogens (tertiary/aromatic N) is 1. The van der Waals surface area contributed by atoms with Gasteiger partial charge in [0.1, 0.15) is 0 Å². The quantitative estimate of drug-likeness (QED) is 0.505. The first-order chi connectivity index (χ1) is 8.65. The zero-order valence-corrected chi connectivity index (χ0v) is 10.1. The number of rotatable bonds is 4. The van der Waals surface area contributed by atoms with Gasteiger partial charge in [0.25, 0.3) is 5.69 Å². The number of nitro groups is 1. The van der Waals surface area contributed by atoms with Gasteiger partial charge >= 0.3 is 0 Å². The summed E-state index contributed by atoms with van der Waals surface area (Å²) in [6, 6.07) is 8.95. The maximum Gasteiger partial charge on any atom is 0.277 e. The highest BCUT2D eigenvalue weighted by atomic mass is 16.6. The summed E-state index contributed by atoms with van der Waals surface area (Å²) in [6.45, 7) is 6.15. The third-order valence-corrected chi connectivity index (χ3v) is 2.84. The molecule has 0 aliphatic carbocycles. The van der Waals surface area contributed by atoms with E-state index in [0.717, 1.165) is 16.6 Å². The molecule has 0 aliphatic heterocycles. The van der Waals surface area contributed by atoms with Gasteiger partial charge in [0.15, 0.2) is 0 Å². The van der Waals surface area contributed by atoms with Crippen molar-refractivity contribution in [1.82, 2.24) is 0 Å². The van der Waals surface area contributed by atoms with Gasteiger partial charge in [0.05, 0.1) is 10.3 Å². The number of hydrogen-bond donors (Lipinski definition) is 1. The molecule has 0 aliphatic rings. The van der Waals surface area contributed by atoms with E-state index in [9.17, 15) is 10.1 Å². The summed E-state index contributed by atoms with van der Waals surface area (Å²) in [5, 5.41) is 15.8. The van der Waals surface area contributed by atoms with Crippen molar-refractivity contribution in [3.63, 3.8) is 0 Å². The summed E-state index contributed by atoms with van der Waals surface area (Å²) in [4.78, 5) is 10.7. The summed E-state index contributed by atoms with van der Waals surface area (Å²) in [5.41, 5.74) is 1.94. The van der Waals surface area contributed by atoms with Gasteiger partial charge in [-0.1, -0.05) is 24.3 Å². The fraction of sp³-hybridized carbons (Fsp3) is 0.143. The van der Waals surface area contributed by atoms with E-state index in [0.29, 0.717) is 11.9 Å². The topological polar surface area (TPSA) is 55.2 Å². The number of nitrogens with one attached hydrogen (secondary N) is 1. The molecule has 4 heteroatoms. The molecule has 0 spiro atoms. The second-order valence-electron chi connectivity index (χ2n) is 4.06. The van der Waals surface area contributed by atoms with Crippen molar-refractivity contribution in [2.24, 2.45) is 0 Å². The van der Waals surface area contributed by atoms with E-state index in [1.54, 1.807) is 18.2 Å². The summed E-state index contributed by atoms with van der Waals surface area (Å²) in [6.07, 6.45) is 1.76. The lowest BCUT2D eigenvalue weighted by molar-refractivity contribution is -0.383. The first kappa shape index (κ1) is 12.1. The Hall–Kier alpha value is -2.36. The van der Waals surface area contributed by atoms with Crippen LogP contribution in [0.3, 0.4) is 0 Å². The number of hydrogen-bond acceptors (Lipinski definition) is 3. The highest BCUT2D eigenvalue weighted by Gasteiger charge is 2.16. The second kappa shape index (κ2) is 4.87. The van der Waals surface area contributed by atoms with Crippen LogP contribution in [0.25, 0.3) is 10.8 Å². The Labute approximate surface area is 105 Å². The molecular weight excluding hydrogens is 228 g/mol. The van der Waals surface area contributed by atoms with Gasteiger partial charge < -0.3 is 5.32 Å². The summed E-state index contributed by atoms with van der Waals surface area (Å²) in [7, 11) is 0. The zero-order valence-electron chi connectivity index (χ0n) is 10.1. The standard InChI is InChI=1S/C14H14N2O2/c1-3-8-15-14-10(2)9-13(16(17)18)11-6-4-5-7-12(11)14/h3-7,9,15H,1,8H2,2H3. The molecule has 0 radical (unpaired) electrons. The van der Waals surface area contributed by atoms with Crippen LogP contribution < -0.4 is 5.32 Å².